The Labute approximate surface area is 177 Å². The molecule has 0 radical (unpaired) electrons. The van der Waals surface area contributed by atoms with Crippen molar-refractivity contribution in [3.63, 3.8) is 0 Å². The van der Waals surface area contributed by atoms with Gasteiger partial charge in [-0.05, 0) is 42.7 Å². The lowest BCUT2D eigenvalue weighted by atomic mass is 10.1. The van der Waals surface area contributed by atoms with E-state index in [1.165, 1.54) is 22.4 Å². The van der Waals surface area contributed by atoms with Crippen molar-refractivity contribution in [2.24, 2.45) is 5.92 Å². The Morgan fingerprint density at radius 1 is 1.17 bits per heavy atom. The van der Waals surface area contributed by atoms with E-state index in [9.17, 15) is 9.18 Å². The van der Waals surface area contributed by atoms with Crippen LogP contribution >= 0.6 is 11.8 Å². The molecule has 0 N–H and O–H groups in total. The molecule has 2 aromatic heterocycles. The average molecular weight is 425 g/mol. The van der Waals surface area contributed by atoms with Gasteiger partial charge in [0.05, 0.1) is 22.3 Å². The molecule has 6 nitrogen and oxygen atoms in total. The van der Waals surface area contributed by atoms with Crippen LogP contribution in [0.4, 0.5) is 4.39 Å². The van der Waals surface area contributed by atoms with E-state index in [1.807, 2.05) is 6.07 Å². The van der Waals surface area contributed by atoms with Crippen molar-refractivity contribution >= 4 is 22.7 Å². The molecule has 8 heteroatoms. The third kappa shape index (κ3) is 4.14. The molecular formula is C22H21FN4O2S. The molecule has 0 amide bonds. The predicted molar refractivity (Wildman–Crippen MR) is 114 cm³/mol. The summed E-state index contributed by atoms with van der Waals surface area (Å²) in [6, 6.07) is 11.8. The summed E-state index contributed by atoms with van der Waals surface area (Å²) < 4.78 is 21.0. The maximum atomic E-state index is 14.2. The van der Waals surface area contributed by atoms with Gasteiger partial charge in [-0.2, -0.15) is 4.98 Å². The van der Waals surface area contributed by atoms with Gasteiger partial charge in [0.15, 0.2) is 11.0 Å². The first kappa shape index (κ1) is 20.3. The number of rotatable bonds is 6. The molecular weight excluding hydrogens is 403 g/mol. The third-order valence-corrected chi connectivity index (χ3v) is 5.51. The van der Waals surface area contributed by atoms with E-state index in [0.717, 1.165) is 6.42 Å². The zero-order valence-electron chi connectivity index (χ0n) is 16.9. The topological polar surface area (TPSA) is 73.8 Å². The Balaban J connectivity index is 1.75. The number of hydrogen-bond donors (Lipinski definition) is 0. The molecule has 0 saturated carbocycles. The van der Waals surface area contributed by atoms with Crippen LogP contribution < -0.4 is 5.56 Å². The SMILES string of the molecule is Cc1ccc(-n2c(SCc3nc(CC(C)C)no3)nc3ccccc3c2=O)cc1F. The fourth-order valence-electron chi connectivity index (χ4n) is 3.08. The summed E-state index contributed by atoms with van der Waals surface area (Å²) in [7, 11) is 0. The van der Waals surface area contributed by atoms with Crippen molar-refractivity contribution in [3.8, 4) is 5.69 Å². The van der Waals surface area contributed by atoms with E-state index >= 15 is 0 Å². The van der Waals surface area contributed by atoms with Crippen molar-refractivity contribution in [2.75, 3.05) is 0 Å². The van der Waals surface area contributed by atoms with Crippen molar-refractivity contribution in [3.05, 3.63) is 75.9 Å². The first-order chi connectivity index (χ1) is 14.4. The molecule has 0 atom stereocenters. The second-order valence-electron chi connectivity index (χ2n) is 7.48. The second kappa shape index (κ2) is 8.39. The van der Waals surface area contributed by atoms with Gasteiger partial charge >= 0.3 is 0 Å². The van der Waals surface area contributed by atoms with Crippen molar-refractivity contribution in [1.29, 1.82) is 0 Å². The van der Waals surface area contributed by atoms with E-state index in [2.05, 4.69) is 29.0 Å². The van der Waals surface area contributed by atoms with E-state index in [1.54, 1.807) is 37.3 Å². The molecule has 4 rings (SSSR count). The van der Waals surface area contributed by atoms with Gasteiger partial charge < -0.3 is 4.52 Å². The smallest absolute Gasteiger partial charge is 0.266 e. The normalized spacial score (nSPS) is 11.5. The van der Waals surface area contributed by atoms with Crippen molar-refractivity contribution in [2.45, 2.75) is 38.1 Å². The second-order valence-corrected chi connectivity index (χ2v) is 8.42. The fraction of sp³-hybridized carbons (Fsp3) is 0.273. The van der Waals surface area contributed by atoms with E-state index in [0.29, 0.717) is 50.7 Å². The highest BCUT2D eigenvalue weighted by Crippen LogP contribution is 2.25. The number of aryl methyl sites for hydroxylation is 1. The van der Waals surface area contributed by atoms with Gasteiger partial charge in [-0.15, -0.1) is 0 Å². The minimum absolute atomic E-state index is 0.252. The molecule has 0 bridgehead atoms. The van der Waals surface area contributed by atoms with Gasteiger partial charge in [-0.1, -0.05) is 49.0 Å². The Morgan fingerprint density at radius 2 is 1.97 bits per heavy atom. The van der Waals surface area contributed by atoms with Gasteiger partial charge in [0.2, 0.25) is 5.89 Å². The van der Waals surface area contributed by atoms with E-state index < -0.39 is 0 Å². The van der Waals surface area contributed by atoms with Crippen molar-refractivity contribution in [1.82, 2.24) is 19.7 Å². The molecule has 2 aromatic carbocycles. The van der Waals surface area contributed by atoms with Crippen LogP contribution in [0.2, 0.25) is 0 Å². The lowest BCUT2D eigenvalue weighted by molar-refractivity contribution is 0.382. The summed E-state index contributed by atoms with van der Waals surface area (Å²) in [5.41, 5.74) is 1.27. The summed E-state index contributed by atoms with van der Waals surface area (Å²) in [6.45, 7) is 5.85. The van der Waals surface area contributed by atoms with Gasteiger partial charge in [0.1, 0.15) is 5.82 Å². The van der Waals surface area contributed by atoms with E-state index in [-0.39, 0.29) is 11.4 Å². The first-order valence-corrected chi connectivity index (χ1v) is 10.6. The molecule has 0 unspecified atom stereocenters. The maximum Gasteiger partial charge on any atom is 0.266 e. The van der Waals surface area contributed by atoms with Gasteiger partial charge in [0.25, 0.3) is 5.56 Å². The summed E-state index contributed by atoms with van der Waals surface area (Å²) in [5.74, 6) is 1.51. The van der Waals surface area contributed by atoms with Crippen LogP contribution in [0.5, 0.6) is 0 Å². The largest absolute Gasteiger partial charge is 0.338 e. The molecule has 0 saturated heterocycles. The number of nitrogens with zero attached hydrogens (tertiary/aromatic N) is 4. The number of halogens is 1. The molecule has 154 valence electrons. The van der Waals surface area contributed by atoms with Crippen LogP contribution in [-0.2, 0) is 12.2 Å². The number of benzene rings is 2. The summed E-state index contributed by atoms with van der Waals surface area (Å²) in [5, 5.41) is 4.91. The molecule has 2 heterocycles. The van der Waals surface area contributed by atoms with Crippen LogP contribution in [0.25, 0.3) is 16.6 Å². The van der Waals surface area contributed by atoms with Gasteiger partial charge in [0, 0.05) is 6.42 Å². The highest BCUT2D eigenvalue weighted by molar-refractivity contribution is 7.98. The molecule has 0 aliphatic carbocycles. The van der Waals surface area contributed by atoms with Crippen LogP contribution in [0.3, 0.4) is 0 Å². The highest BCUT2D eigenvalue weighted by atomic mass is 32.2. The average Bonchev–Trinajstić information content (AvgIpc) is 3.15. The Hall–Kier alpha value is -3.00. The Kier molecular flexibility index (Phi) is 5.67. The lowest BCUT2D eigenvalue weighted by Gasteiger charge is -2.13. The van der Waals surface area contributed by atoms with Crippen LogP contribution in [0, 0.1) is 18.7 Å². The Morgan fingerprint density at radius 3 is 2.73 bits per heavy atom. The summed E-state index contributed by atoms with van der Waals surface area (Å²) >= 11 is 1.30. The van der Waals surface area contributed by atoms with Crippen molar-refractivity contribution < 1.29 is 8.91 Å². The molecule has 0 aliphatic heterocycles. The molecule has 0 aliphatic rings. The quantitative estimate of drug-likeness (QED) is 0.330. The summed E-state index contributed by atoms with van der Waals surface area (Å²) in [6.07, 6.45) is 0.732. The fourth-order valence-corrected chi connectivity index (χ4v) is 3.93. The maximum absolute atomic E-state index is 14.2. The van der Waals surface area contributed by atoms with Crippen LogP contribution in [0.1, 0.15) is 31.1 Å². The number of thioether (sulfide) groups is 1. The standard InChI is InChI=1S/C22H21FN4O2S/c1-13(2)10-19-25-20(29-26-19)12-30-22-24-18-7-5-4-6-16(18)21(28)27(22)15-9-8-14(3)17(23)11-15/h4-9,11,13H,10,12H2,1-3H3. The molecule has 4 aromatic rings. The van der Waals surface area contributed by atoms with E-state index in [4.69, 9.17) is 4.52 Å². The van der Waals surface area contributed by atoms with Gasteiger partial charge in [-0.25, -0.2) is 9.37 Å². The zero-order valence-corrected chi connectivity index (χ0v) is 17.7. The predicted octanol–water partition coefficient (Wildman–Crippen LogP) is 4.71. The minimum Gasteiger partial charge on any atom is -0.338 e. The highest BCUT2D eigenvalue weighted by Gasteiger charge is 2.16. The summed E-state index contributed by atoms with van der Waals surface area (Å²) in [4.78, 5) is 22.3. The molecule has 30 heavy (non-hydrogen) atoms. The number of aromatic nitrogens is 4. The minimum atomic E-state index is -0.376. The molecule has 0 spiro atoms. The van der Waals surface area contributed by atoms with Crippen LogP contribution in [0.15, 0.2) is 56.9 Å². The van der Waals surface area contributed by atoms with Crippen LogP contribution in [-0.4, -0.2) is 19.7 Å². The molecule has 0 fully saturated rings. The number of fused-ring (bicyclic) bond motifs is 1. The monoisotopic (exact) mass is 424 g/mol. The lowest BCUT2D eigenvalue weighted by Crippen LogP contribution is -2.22. The third-order valence-electron chi connectivity index (χ3n) is 4.58. The van der Waals surface area contributed by atoms with Gasteiger partial charge in [-0.3, -0.25) is 9.36 Å². The number of hydrogen-bond acceptors (Lipinski definition) is 6. The Bertz CT molecular complexity index is 1270. The first-order valence-electron chi connectivity index (χ1n) is 9.65. The number of para-hydroxylation sites is 1. The zero-order chi connectivity index (χ0) is 21.3.